The van der Waals surface area contributed by atoms with Crippen molar-refractivity contribution in [1.82, 2.24) is 0 Å². The van der Waals surface area contributed by atoms with E-state index in [4.69, 9.17) is 17.0 Å². The number of halogens is 2. The first-order valence-corrected chi connectivity index (χ1v) is 32.3. The minimum absolute atomic E-state index is 0.126. The standard InChI is InChI=1S/2C29H39.C2H6Si.2ClH.Zr/c2*1-10-11-20-14-21-12-13-25(19(2)3)27(26(21)15-20)22-16-23(28(4,5)6)18-24(17-22)29(7,8)9;1-3-2;;;/h2*12-19H,10-11H2,1-9H3;1-2H3;2*1H;/q2*-1;;;;+4/p-2. The SMILES string of the molecule is CCCc1cc2c(-c3cc(C(C)(C)C)cc(C(C)(C)C)c3)c(C(C)C)ccc2[cH-]1.CCCc1cc2c(-c3cc(C(C)(C)C)cc(C(C)(C)C)c3)c(C(C)C)ccc2[cH-]1.C[Si]C.[Cl][Zr+2][Cl]. The Kier molecular flexibility index (Phi) is 20.8. The van der Waals surface area contributed by atoms with Crippen LogP contribution in [0.25, 0.3) is 43.8 Å². The number of rotatable bonds is 8. The van der Waals surface area contributed by atoms with Crippen LogP contribution < -0.4 is 0 Å². The van der Waals surface area contributed by atoms with E-state index < -0.39 is 20.8 Å². The zero-order valence-electron chi connectivity index (χ0n) is 43.8. The number of fused-ring (bicyclic) bond motifs is 2. The molecular weight excluding hydrogens is 911 g/mol. The second kappa shape index (κ2) is 23.7. The van der Waals surface area contributed by atoms with E-state index in [1.54, 1.807) is 0 Å². The molecule has 346 valence electrons. The molecule has 0 aliphatic carbocycles. The van der Waals surface area contributed by atoms with Gasteiger partial charge in [0.25, 0.3) is 0 Å². The van der Waals surface area contributed by atoms with E-state index in [1.807, 2.05) is 0 Å². The molecule has 6 rings (SSSR count). The van der Waals surface area contributed by atoms with Gasteiger partial charge in [-0.1, -0.05) is 209 Å². The Labute approximate surface area is 414 Å². The third-order valence-electron chi connectivity index (χ3n) is 12.2. The summed E-state index contributed by atoms with van der Waals surface area (Å²) in [5.41, 5.74) is 17.7. The molecule has 0 aliphatic rings. The minimum atomic E-state index is -0.826. The molecule has 6 aromatic rings. The quantitative estimate of drug-likeness (QED) is 0.105. The molecule has 0 saturated heterocycles. The molecule has 0 bridgehead atoms. The molecule has 64 heavy (non-hydrogen) atoms. The molecule has 0 atom stereocenters. The normalized spacial score (nSPS) is 12.1. The summed E-state index contributed by atoms with van der Waals surface area (Å²) >= 11 is -0.826. The Morgan fingerprint density at radius 2 is 0.750 bits per heavy atom. The summed E-state index contributed by atoms with van der Waals surface area (Å²) in [6, 6.07) is 33.7. The molecule has 0 fully saturated rings. The van der Waals surface area contributed by atoms with E-state index in [1.165, 1.54) is 101 Å². The van der Waals surface area contributed by atoms with Crippen LogP contribution in [-0.2, 0) is 55.3 Å². The van der Waals surface area contributed by atoms with Gasteiger partial charge in [-0.05, 0) is 79.7 Å². The van der Waals surface area contributed by atoms with Crippen molar-refractivity contribution in [3.8, 4) is 22.3 Å². The predicted molar refractivity (Wildman–Crippen MR) is 290 cm³/mol. The average molecular weight is 996 g/mol. The zero-order valence-corrected chi connectivity index (χ0v) is 48.8. The topological polar surface area (TPSA) is 0 Å². The second-order valence-electron chi connectivity index (χ2n) is 22.8. The summed E-state index contributed by atoms with van der Waals surface area (Å²) in [7, 11) is 11.0. The van der Waals surface area contributed by atoms with Gasteiger partial charge in [-0.2, -0.15) is 12.1 Å². The molecule has 0 N–H and O–H groups in total. The molecule has 0 aromatic heterocycles. The summed E-state index contributed by atoms with van der Waals surface area (Å²) in [4.78, 5) is 0. The number of benzene rings is 4. The maximum absolute atomic E-state index is 4.93. The van der Waals surface area contributed by atoms with Crippen molar-refractivity contribution in [3.05, 3.63) is 129 Å². The maximum atomic E-state index is 4.93. The van der Waals surface area contributed by atoms with Gasteiger partial charge in [0.2, 0.25) is 0 Å². The van der Waals surface area contributed by atoms with Crippen LogP contribution in [0.5, 0.6) is 0 Å². The first-order valence-electron chi connectivity index (χ1n) is 24.0. The molecule has 6 aromatic carbocycles. The van der Waals surface area contributed by atoms with Crippen molar-refractivity contribution in [2.75, 3.05) is 0 Å². The van der Waals surface area contributed by atoms with E-state index in [0.717, 1.165) is 22.4 Å². The van der Waals surface area contributed by atoms with E-state index in [9.17, 15) is 0 Å². The Morgan fingerprint density at radius 3 is 0.969 bits per heavy atom. The zero-order chi connectivity index (χ0) is 48.5. The van der Waals surface area contributed by atoms with Gasteiger partial charge in [-0.25, -0.2) is 0 Å². The predicted octanol–water partition coefficient (Wildman–Crippen LogP) is 20.0. The van der Waals surface area contributed by atoms with E-state index >= 15 is 0 Å². The molecule has 0 amide bonds. The van der Waals surface area contributed by atoms with Gasteiger partial charge in [0.15, 0.2) is 0 Å². The Bertz CT molecular complexity index is 2160. The van der Waals surface area contributed by atoms with Crippen molar-refractivity contribution in [3.63, 3.8) is 0 Å². The summed E-state index contributed by atoms with van der Waals surface area (Å²) in [6.45, 7) is 46.0. The van der Waals surface area contributed by atoms with Crippen LogP contribution in [0.3, 0.4) is 0 Å². The molecular formula is C60H84Cl2SiZr. The average Bonchev–Trinajstić information content (AvgIpc) is 3.80. The molecule has 2 radical (unpaired) electrons. The summed E-state index contributed by atoms with van der Waals surface area (Å²) < 4.78 is 0. The van der Waals surface area contributed by atoms with Gasteiger partial charge >= 0.3 is 37.9 Å². The van der Waals surface area contributed by atoms with Crippen molar-refractivity contribution >= 4 is 48.1 Å². The summed E-state index contributed by atoms with van der Waals surface area (Å²) in [5, 5.41) is 5.61. The van der Waals surface area contributed by atoms with Gasteiger partial charge < -0.3 is 0 Å². The van der Waals surface area contributed by atoms with Crippen molar-refractivity contribution < 1.29 is 20.8 Å². The van der Waals surface area contributed by atoms with E-state index in [2.05, 4.69) is 223 Å². The van der Waals surface area contributed by atoms with Gasteiger partial charge in [-0.3, -0.25) is 0 Å². The molecule has 4 heteroatoms. The fraction of sp³-hybridized carbons (Fsp3) is 0.500. The monoisotopic (exact) mass is 992 g/mol. The van der Waals surface area contributed by atoms with Crippen LogP contribution in [-0.4, -0.2) is 9.52 Å². The third-order valence-corrected chi connectivity index (χ3v) is 12.2. The number of hydrogen-bond donors (Lipinski definition) is 0. The Balaban J connectivity index is 0.000000303. The Hall–Kier alpha value is -2.22. The van der Waals surface area contributed by atoms with Crippen LogP contribution in [0.2, 0.25) is 13.1 Å². The second-order valence-corrected chi connectivity index (χ2v) is 27.5. The summed E-state index contributed by atoms with van der Waals surface area (Å²) in [5.74, 6) is 0.991. The van der Waals surface area contributed by atoms with Crippen molar-refractivity contribution in [2.45, 2.75) is 197 Å². The molecule has 0 spiro atoms. The van der Waals surface area contributed by atoms with Gasteiger partial charge in [-0.15, -0.1) is 69.1 Å². The van der Waals surface area contributed by atoms with Gasteiger partial charge in [0.05, 0.1) is 0 Å². The van der Waals surface area contributed by atoms with Crippen LogP contribution in [0.1, 0.15) is 194 Å². The van der Waals surface area contributed by atoms with Crippen LogP contribution >= 0.6 is 17.0 Å². The van der Waals surface area contributed by atoms with Crippen molar-refractivity contribution in [2.24, 2.45) is 0 Å². The molecule has 0 saturated carbocycles. The number of hydrogen-bond acceptors (Lipinski definition) is 0. The third kappa shape index (κ3) is 14.9. The Morgan fingerprint density at radius 1 is 0.484 bits per heavy atom. The fourth-order valence-corrected chi connectivity index (χ4v) is 8.47. The van der Waals surface area contributed by atoms with Gasteiger partial charge in [0.1, 0.15) is 0 Å². The molecule has 0 aliphatic heterocycles. The van der Waals surface area contributed by atoms with E-state index in [0.29, 0.717) is 11.8 Å². The van der Waals surface area contributed by atoms with Crippen LogP contribution in [0.15, 0.2) is 84.9 Å². The van der Waals surface area contributed by atoms with Crippen LogP contribution in [0, 0.1) is 0 Å². The molecule has 0 nitrogen and oxygen atoms in total. The van der Waals surface area contributed by atoms with Gasteiger partial charge in [0, 0.05) is 9.52 Å². The van der Waals surface area contributed by atoms with Crippen molar-refractivity contribution in [1.29, 1.82) is 0 Å². The number of aryl methyl sites for hydroxylation is 2. The first kappa shape index (κ1) is 56.1. The fourth-order valence-electron chi connectivity index (χ4n) is 8.47. The van der Waals surface area contributed by atoms with Crippen LogP contribution in [0.4, 0.5) is 0 Å². The van der Waals surface area contributed by atoms with E-state index in [-0.39, 0.29) is 21.7 Å². The first-order chi connectivity index (χ1) is 29.7. The molecule has 0 heterocycles. The molecule has 0 unspecified atom stereocenters. The summed E-state index contributed by atoms with van der Waals surface area (Å²) in [6.07, 6.45) is 4.69.